The number of rotatable bonds is 4. The van der Waals surface area contributed by atoms with E-state index in [0.29, 0.717) is 0 Å². The minimum atomic E-state index is 0. The van der Waals surface area contributed by atoms with E-state index in [1.807, 2.05) is 0 Å². The van der Waals surface area contributed by atoms with Gasteiger partial charge in [-0.3, -0.25) is 19.9 Å². The molecule has 206 valence electrons. The molecule has 0 radical (unpaired) electrons. The number of nitrogens with zero attached hydrogens (tertiary/aromatic N) is 6. The molecular formula is C26H28N6O4RuS2. The van der Waals surface area contributed by atoms with Gasteiger partial charge in [0, 0.05) is 49.6 Å². The Hall–Kier alpha value is -3.98. The summed E-state index contributed by atoms with van der Waals surface area (Å²) in [7, 11) is 6.54. The van der Waals surface area contributed by atoms with Crippen LogP contribution in [0, 0.1) is 0 Å². The molecule has 0 unspecified atom stereocenters. The molecule has 0 aliphatic heterocycles. The van der Waals surface area contributed by atoms with Gasteiger partial charge in [0.25, 0.3) is 0 Å². The van der Waals surface area contributed by atoms with Gasteiger partial charge < -0.3 is 29.8 Å². The van der Waals surface area contributed by atoms with Gasteiger partial charge in [0.2, 0.25) is 0 Å². The Labute approximate surface area is 252 Å². The van der Waals surface area contributed by atoms with Gasteiger partial charge in [0.15, 0.2) is 0 Å². The number of methoxy groups -OCH3 is 4. The third-order valence-corrected chi connectivity index (χ3v) is 3.54. The molecular weight excluding hydrogens is 626 g/mol. The molecule has 0 amide bonds. The molecule has 39 heavy (non-hydrogen) atoms. The zero-order valence-corrected chi connectivity index (χ0v) is 25.1. The van der Waals surface area contributed by atoms with Gasteiger partial charge in [0.1, 0.15) is 23.0 Å². The molecule has 4 heterocycles. The summed E-state index contributed by atoms with van der Waals surface area (Å²) in [5, 5.41) is 16.9. The van der Waals surface area contributed by atoms with E-state index in [-0.39, 0.29) is 19.5 Å². The van der Waals surface area contributed by atoms with Crippen LogP contribution < -0.4 is 18.9 Å². The summed E-state index contributed by atoms with van der Waals surface area (Å²) in [5.41, 5.74) is 0. The van der Waals surface area contributed by atoms with Gasteiger partial charge in [-0.25, -0.2) is 0 Å². The maximum atomic E-state index is 7.13. The van der Waals surface area contributed by atoms with Crippen LogP contribution in [0.2, 0.25) is 0 Å². The fourth-order valence-corrected chi connectivity index (χ4v) is 1.90. The fraction of sp³-hybridized carbons (Fsp3) is 0.154. The fourth-order valence-electron chi connectivity index (χ4n) is 1.90. The SMILES string of the molecule is COc1ccncc1.COc1ccncc1.COc1ccncc1.COc1ccncc1.[N-]=C=S.[N-]=C=S.[Ru+2]. The minimum Gasteiger partial charge on any atom is -0.753 e. The number of hydrogen-bond acceptors (Lipinski definition) is 10. The number of isothiocyanates is 2. The van der Waals surface area contributed by atoms with Crippen molar-refractivity contribution in [3.63, 3.8) is 0 Å². The molecule has 10 nitrogen and oxygen atoms in total. The maximum absolute atomic E-state index is 7.13. The van der Waals surface area contributed by atoms with E-state index >= 15 is 0 Å². The third kappa shape index (κ3) is 26.9. The van der Waals surface area contributed by atoms with E-state index in [1.165, 1.54) is 10.3 Å². The van der Waals surface area contributed by atoms with Crippen molar-refractivity contribution in [2.45, 2.75) is 0 Å². The van der Waals surface area contributed by atoms with Crippen molar-refractivity contribution < 1.29 is 38.4 Å². The van der Waals surface area contributed by atoms with Crippen LogP contribution in [0.4, 0.5) is 0 Å². The third-order valence-electron chi connectivity index (χ3n) is 3.54. The second-order valence-corrected chi connectivity index (χ2v) is 6.10. The molecule has 4 rings (SSSR count). The molecule has 0 saturated heterocycles. The van der Waals surface area contributed by atoms with Crippen LogP contribution in [0.25, 0.3) is 10.8 Å². The normalized spacial score (nSPS) is 7.49. The van der Waals surface area contributed by atoms with Crippen molar-refractivity contribution in [3.05, 3.63) is 109 Å². The van der Waals surface area contributed by atoms with E-state index in [0.717, 1.165) is 23.0 Å². The number of aromatic nitrogens is 4. The van der Waals surface area contributed by atoms with Gasteiger partial charge in [-0.1, -0.05) is 24.4 Å². The van der Waals surface area contributed by atoms with Crippen molar-refractivity contribution in [2.24, 2.45) is 0 Å². The monoisotopic (exact) mass is 654 g/mol. The first kappa shape index (κ1) is 39.5. The Bertz CT molecular complexity index is 938. The minimum absolute atomic E-state index is 0. The molecule has 0 aromatic carbocycles. The molecule has 0 N–H and O–H groups in total. The first-order valence-electron chi connectivity index (χ1n) is 10.3. The quantitative estimate of drug-likeness (QED) is 0.154. The first-order valence-corrected chi connectivity index (χ1v) is 11.2. The Morgan fingerprint density at radius 2 is 0.590 bits per heavy atom. The number of ether oxygens (including phenoxy) is 4. The van der Waals surface area contributed by atoms with Crippen molar-refractivity contribution in [2.75, 3.05) is 28.4 Å². The summed E-state index contributed by atoms with van der Waals surface area (Å²) in [4.78, 5) is 15.3. The van der Waals surface area contributed by atoms with Crippen molar-refractivity contribution >= 4 is 34.8 Å². The van der Waals surface area contributed by atoms with Crippen LogP contribution in [0.3, 0.4) is 0 Å². The first-order chi connectivity index (χ1) is 18.6. The Balaban J connectivity index is -0.000000412. The van der Waals surface area contributed by atoms with Crippen LogP contribution in [0.5, 0.6) is 23.0 Å². The molecule has 0 bridgehead atoms. The molecule has 0 saturated carbocycles. The van der Waals surface area contributed by atoms with E-state index in [2.05, 4.69) is 44.4 Å². The average Bonchev–Trinajstić information content (AvgIpc) is 3.00. The van der Waals surface area contributed by atoms with Gasteiger partial charge >= 0.3 is 19.5 Å². The van der Waals surface area contributed by atoms with Crippen molar-refractivity contribution in [3.8, 4) is 23.0 Å². The predicted octanol–water partition coefficient (Wildman–Crippen LogP) is 5.68. The molecule has 4 aromatic heterocycles. The molecule has 0 atom stereocenters. The van der Waals surface area contributed by atoms with Gasteiger partial charge in [-0.15, -0.1) is 0 Å². The van der Waals surface area contributed by atoms with Crippen LogP contribution in [-0.4, -0.2) is 58.7 Å². The number of pyridine rings is 4. The smallest absolute Gasteiger partial charge is 0.753 e. The topological polar surface area (TPSA) is 133 Å². The van der Waals surface area contributed by atoms with E-state index < -0.39 is 0 Å². The molecule has 0 aliphatic carbocycles. The number of hydrogen-bond donors (Lipinski definition) is 0. The van der Waals surface area contributed by atoms with E-state index in [9.17, 15) is 0 Å². The summed E-state index contributed by atoms with van der Waals surface area (Å²) in [5.74, 6) is 3.39. The Morgan fingerprint density at radius 3 is 0.667 bits per heavy atom. The van der Waals surface area contributed by atoms with Crippen LogP contribution in [0.1, 0.15) is 0 Å². The summed E-state index contributed by atoms with van der Waals surface area (Å²) in [6.45, 7) is 0. The Morgan fingerprint density at radius 1 is 0.462 bits per heavy atom. The van der Waals surface area contributed by atoms with Crippen LogP contribution in [-0.2, 0) is 19.5 Å². The molecule has 0 spiro atoms. The summed E-state index contributed by atoms with van der Waals surface area (Å²) < 4.78 is 19.5. The van der Waals surface area contributed by atoms with Crippen LogP contribution in [0.15, 0.2) is 98.1 Å². The zero-order chi connectivity index (χ0) is 28.7. The second kappa shape index (κ2) is 32.1. The van der Waals surface area contributed by atoms with E-state index in [1.54, 1.807) is 127 Å². The Kier molecular flexibility index (Phi) is 32.5. The molecule has 13 heteroatoms. The van der Waals surface area contributed by atoms with Gasteiger partial charge in [0.05, 0.1) is 28.4 Å². The maximum Gasteiger partial charge on any atom is 2.00 e. The predicted molar refractivity (Wildman–Crippen MR) is 155 cm³/mol. The van der Waals surface area contributed by atoms with Gasteiger partial charge in [-0.05, 0) is 48.5 Å². The largest absolute Gasteiger partial charge is 2.00 e. The number of thiocarbonyl (C=S) groups is 2. The average molecular weight is 654 g/mol. The summed E-state index contributed by atoms with van der Waals surface area (Å²) in [6, 6.07) is 14.4. The standard InChI is InChI=1S/4C6H7NO.2CNS.Ru/c4*1-8-6-2-4-7-5-3-6;2*2-1-3;/h4*2-5H,1H3;;;/q;;;;2*-1;+2. The molecule has 0 aliphatic rings. The van der Waals surface area contributed by atoms with Gasteiger partial charge in [-0.2, -0.15) is 10.3 Å². The molecule has 4 aromatic rings. The molecule has 0 fully saturated rings. The van der Waals surface area contributed by atoms with E-state index in [4.69, 9.17) is 29.8 Å². The second-order valence-electron chi connectivity index (χ2n) is 5.73. The zero-order valence-electron chi connectivity index (χ0n) is 21.7. The van der Waals surface area contributed by atoms with Crippen molar-refractivity contribution in [1.29, 1.82) is 0 Å². The van der Waals surface area contributed by atoms with Crippen molar-refractivity contribution in [1.82, 2.24) is 19.9 Å². The van der Waals surface area contributed by atoms with Crippen LogP contribution >= 0.6 is 24.4 Å². The summed E-state index contributed by atoms with van der Waals surface area (Å²) in [6.07, 6.45) is 13.5. The summed E-state index contributed by atoms with van der Waals surface area (Å²) >= 11 is 7.40.